The molecule has 0 spiro atoms. The summed E-state index contributed by atoms with van der Waals surface area (Å²) in [4.78, 5) is 25.5. The maximum Gasteiger partial charge on any atom is 0.233 e. The van der Waals surface area contributed by atoms with E-state index in [-0.39, 0.29) is 30.4 Å². The number of rotatable bonds is 11. The van der Waals surface area contributed by atoms with Crippen LogP contribution >= 0.6 is 0 Å². The number of carbonyl (C=O) groups excluding carboxylic acids is 2. The normalized spacial score (nSPS) is 24.1. The van der Waals surface area contributed by atoms with Crippen LogP contribution in [0, 0.1) is 11.8 Å². The second kappa shape index (κ2) is 10.6. The molecule has 2 saturated heterocycles. The quantitative estimate of drug-likeness (QED) is 0.349. The van der Waals surface area contributed by atoms with Crippen molar-refractivity contribution in [1.29, 1.82) is 0 Å². The Kier molecular flexibility index (Phi) is 7.89. The molecule has 1 aromatic carbocycles. The van der Waals surface area contributed by atoms with E-state index in [2.05, 4.69) is 6.92 Å². The number of likely N-dealkylation sites (tertiary alicyclic amines) is 1. The summed E-state index contributed by atoms with van der Waals surface area (Å²) in [7, 11) is 0. The lowest BCUT2D eigenvalue weighted by Gasteiger charge is -2.19. The number of hydrogen-bond donors (Lipinski definition) is 1. The van der Waals surface area contributed by atoms with E-state index in [9.17, 15) is 14.8 Å². The Hall–Kier alpha value is -2.12. The molecule has 0 radical (unpaired) electrons. The Bertz CT molecular complexity index is 660. The van der Waals surface area contributed by atoms with E-state index >= 15 is 0 Å². The first kappa shape index (κ1) is 21.6. The number of hydrogen-bond acceptors (Lipinski definition) is 5. The highest BCUT2D eigenvalue weighted by atomic mass is 16.5. The van der Waals surface area contributed by atoms with Crippen LogP contribution in [-0.2, 0) is 20.9 Å². The Morgan fingerprint density at radius 2 is 2.14 bits per heavy atom. The molecular formula is C22H32N2O5. The molecule has 2 aliphatic rings. The molecule has 29 heavy (non-hydrogen) atoms. The first-order valence-corrected chi connectivity index (χ1v) is 10.6. The van der Waals surface area contributed by atoms with E-state index in [0.29, 0.717) is 31.2 Å². The van der Waals surface area contributed by atoms with Crippen molar-refractivity contribution in [2.45, 2.75) is 51.7 Å². The van der Waals surface area contributed by atoms with Gasteiger partial charge in [-0.1, -0.05) is 31.9 Å². The van der Waals surface area contributed by atoms with Crippen molar-refractivity contribution < 1.29 is 24.3 Å². The topological polar surface area (TPSA) is 79.3 Å². The molecule has 0 aliphatic carbocycles. The fourth-order valence-electron chi connectivity index (χ4n) is 4.19. The summed E-state index contributed by atoms with van der Waals surface area (Å²) in [6.07, 6.45) is 5.70. The number of hydroxylamine groups is 2. The highest BCUT2D eigenvalue weighted by Crippen LogP contribution is 2.31. The van der Waals surface area contributed by atoms with Crippen molar-refractivity contribution in [1.82, 2.24) is 9.96 Å². The van der Waals surface area contributed by atoms with Crippen LogP contribution in [0.4, 0.5) is 0 Å². The predicted octanol–water partition coefficient (Wildman–Crippen LogP) is 2.86. The molecule has 2 fully saturated rings. The highest BCUT2D eigenvalue weighted by molar-refractivity contribution is 5.81. The molecule has 0 bridgehead atoms. The van der Waals surface area contributed by atoms with E-state index in [4.69, 9.17) is 9.47 Å². The monoisotopic (exact) mass is 404 g/mol. The summed E-state index contributed by atoms with van der Waals surface area (Å²) in [5, 5.41) is 10.2. The molecule has 0 saturated carbocycles. The van der Waals surface area contributed by atoms with Gasteiger partial charge in [-0.15, -0.1) is 0 Å². The number of benzene rings is 1. The van der Waals surface area contributed by atoms with Gasteiger partial charge in [0.05, 0.1) is 18.6 Å². The third-order valence-corrected chi connectivity index (χ3v) is 5.84. The van der Waals surface area contributed by atoms with Gasteiger partial charge < -0.3 is 14.4 Å². The zero-order valence-corrected chi connectivity index (χ0v) is 17.2. The zero-order chi connectivity index (χ0) is 20.6. The van der Waals surface area contributed by atoms with Gasteiger partial charge in [-0.3, -0.25) is 14.8 Å². The largest absolute Gasteiger partial charge is 0.491 e. The van der Waals surface area contributed by atoms with Gasteiger partial charge in [0, 0.05) is 19.7 Å². The molecule has 2 heterocycles. The molecule has 7 nitrogen and oxygen atoms in total. The number of carbonyl (C=O) groups is 2. The van der Waals surface area contributed by atoms with Crippen molar-refractivity contribution in [3.63, 3.8) is 0 Å². The number of amides is 2. The summed E-state index contributed by atoms with van der Waals surface area (Å²) in [6, 6.07) is 7.82. The van der Waals surface area contributed by atoms with Gasteiger partial charge in [0.15, 0.2) is 0 Å². The highest BCUT2D eigenvalue weighted by Gasteiger charge is 2.40. The van der Waals surface area contributed by atoms with Crippen LogP contribution in [0.25, 0.3) is 0 Å². The fraction of sp³-hybridized carbons (Fsp3) is 0.636. The van der Waals surface area contributed by atoms with Gasteiger partial charge in [-0.2, -0.15) is 0 Å². The molecule has 1 aromatic rings. The minimum Gasteiger partial charge on any atom is -0.491 e. The Labute approximate surface area is 172 Å². The van der Waals surface area contributed by atoms with Crippen molar-refractivity contribution in [2.24, 2.45) is 11.8 Å². The lowest BCUT2D eigenvalue weighted by Crippen LogP contribution is -2.33. The van der Waals surface area contributed by atoms with Crippen molar-refractivity contribution in [3.05, 3.63) is 29.8 Å². The SMILES string of the molecule is CCCCC1CN(Cc2ccc(OCC3CCCO3)cc2)C(=O)C1CN(O)C=O. The Morgan fingerprint density at radius 3 is 2.79 bits per heavy atom. The van der Waals surface area contributed by atoms with Gasteiger partial charge in [0.1, 0.15) is 12.4 Å². The first-order valence-electron chi connectivity index (χ1n) is 10.6. The molecule has 7 heteroatoms. The molecule has 3 atom stereocenters. The standard InChI is InChI=1S/C22H32N2O5/c1-2-3-5-18-13-23(22(26)21(18)14-24(27)16-25)12-17-7-9-19(10-8-17)29-15-20-6-4-11-28-20/h7-10,16,18,20-21,27H,2-6,11-15H2,1H3. The van der Waals surface area contributed by atoms with Crippen LogP contribution in [0.1, 0.15) is 44.6 Å². The zero-order valence-electron chi connectivity index (χ0n) is 17.2. The first-order chi connectivity index (χ1) is 14.1. The molecule has 3 unspecified atom stereocenters. The van der Waals surface area contributed by atoms with E-state index in [1.807, 2.05) is 29.2 Å². The van der Waals surface area contributed by atoms with E-state index in [0.717, 1.165) is 50.0 Å². The molecule has 0 aromatic heterocycles. The third-order valence-electron chi connectivity index (χ3n) is 5.84. The average molecular weight is 405 g/mol. The molecular weight excluding hydrogens is 372 g/mol. The van der Waals surface area contributed by atoms with E-state index < -0.39 is 0 Å². The van der Waals surface area contributed by atoms with Crippen LogP contribution in [0.5, 0.6) is 5.75 Å². The van der Waals surface area contributed by atoms with Crippen molar-refractivity contribution in [3.8, 4) is 5.75 Å². The van der Waals surface area contributed by atoms with Crippen LogP contribution in [-0.4, -0.2) is 59.9 Å². The molecule has 2 aliphatic heterocycles. The van der Waals surface area contributed by atoms with Crippen LogP contribution in [0.2, 0.25) is 0 Å². The molecule has 1 N–H and O–H groups in total. The second-order valence-corrected chi connectivity index (χ2v) is 8.04. The Balaban J connectivity index is 1.56. The lowest BCUT2D eigenvalue weighted by atomic mass is 9.90. The summed E-state index contributed by atoms with van der Waals surface area (Å²) in [5.41, 5.74) is 1.04. The summed E-state index contributed by atoms with van der Waals surface area (Å²) < 4.78 is 11.4. The van der Waals surface area contributed by atoms with Gasteiger partial charge in [-0.25, -0.2) is 5.06 Å². The summed E-state index contributed by atoms with van der Waals surface area (Å²) in [5.74, 6) is 0.625. The molecule has 2 amide bonds. The minimum atomic E-state index is -0.342. The average Bonchev–Trinajstić information content (AvgIpc) is 3.35. The number of nitrogens with zero attached hydrogens (tertiary/aromatic N) is 2. The van der Waals surface area contributed by atoms with Gasteiger partial charge in [0.2, 0.25) is 12.3 Å². The smallest absolute Gasteiger partial charge is 0.233 e. The van der Waals surface area contributed by atoms with Gasteiger partial charge >= 0.3 is 0 Å². The lowest BCUT2D eigenvalue weighted by molar-refractivity contribution is -0.155. The van der Waals surface area contributed by atoms with E-state index in [1.165, 1.54) is 0 Å². The van der Waals surface area contributed by atoms with Crippen LogP contribution < -0.4 is 4.74 Å². The van der Waals surface area contributed by atoms with Crippen LogP contribution in [0.15, 0.2) is 24.3 Å². The third kappa shape index (κ3) is 5.93. The minimum absolute atomic E-state index is 0.00529. The van der Waals surface area contributed by atoms with Gasteiger partial charge in [0.25, 0.3) is 0 Å². The predicted molar refractivity (Wildman–Crippen MR) is 107 cm³/mol. The number of unbranched alkanes of at least 4 members (excludes halogenated alkanes) is 1. The van der Waals surface area contributed by atoms with Crippen LogP contribution in [0.3, 0.4) is 0 Å². The van der Waals surface area contributed by atoms with Crippen molar-refractivity contribution >= 4 is 12.3 Å². The Morgan fingerprint density at radius 1 is 1.34 bits per heavy atom. The maximum absolute atomic E-state index is 12.9. The maximum atomic E-state index is 12.9. The number of ether oxygens (including phenoxy) is 2. The summed E-state index contributed by atoms with van der Waals surface area (Å²) >= 11 is 0. The van der Waals surface area contributed by atoms with Gasteiger partial charge in [-0.05, 0) is 42.9 Å². The fourth-order valence-corrected chi connectivity index (χ4v) is 4.19. The molecule has 160 valence electrons. The second-order valence-electron chi connectivity index (χ2n) is 8.04. The van der Waals surface area contributed by atoms with E-state index in [1.54, 1.807) is 0 Å². The van der Waals surface area contributed by atoms with Crippen molar-refractivity contribution in [2.75, 3.05) is 26.3 Å². The summed E-state index contributed by atoms with van der Waals surface area (Å²) in [6.45, 7) is 4.75. The molecule has 3 rings (SSSR count).